The summed E-state index contributed by atoms with van der Waals surface area (Å²) in [5.74, 6) is 1.59. The van der Waals surface area contributed by atoms with E-state index in [4.69, 9.17) is 0 Å². The maximum absolute atomic E-state index is 2.58. The van der Waals surface area contributed by atoms with Gasteiger partial charge in [0.25, 0.3) is 5.82 Å². The average molecular weight is 490 g/mol. The van der Waals surface area contributed by atoms with Crippen LogP contribution >= 0.6 is 0 Å². The summed E-state index contributed by atoms with van der Waals surface area (Å²) in [5.41, 5.74) is 0. The van der Waals surface area contributed by atoms with E-state index in [0.717, 1.165) is 0 Å². The Labute approximate surface area is 221 Å². The van der Waals surface area contributed by atoms with Crippen LogP contribution in [0.4, 0.5) is 0 Å². The van der Waals surface area contributed by atoms with Crippen molar-refractivity contribution in [3.05, 3.63) is 18.2 Å². The Bertz CT molecular complexity index is 547. The first-order valence-corrected chi connectivity index (χ1v) is 16.4. The quantitative estimate of drug-likeness (QED) is 0.0858. The molecule has 0 amide bonds. The molecule has 2 nitrogen and oxygen atoms in total. The lowest BCUT2D eigenvalue weighted by atomic mass is 10.0. The van der Waals surface area contributed by atoms with Gasteiger partial charge in [-0.1, -0.05) is 149 Å². The van der Waals surface area contributed by atoms with Crippen molar-refractivity contribution in [3.63, 3.8) is 0 Å². The van der Waals surface area contributed by atoms with Crippen LogP contribution < -0.4 is 4.57 Å². The van der Waals surface area contributed by atoms with Crippen molar-refractivity contribution in [2.75, 3.05) is 0 Å². The van der Waals surface area contributed by atoms with E-state index < -0.39 is 0 Å². The zero-order chi connectivity index (χ0) is 25.2. The molecule has 0 fully saturated rings. The van der Waals surface area contributed by atoms with Gasteiger partial charge >= 0.3 is 0 Å². The minimum atomic E-state index is 1.18. The molecule has 2 heteroatoms. The minimum absolute atomic E-state index is 1.18. The smallest absolute Gasteiger partial charge is 0.234 e. The molecule has 0 aliphatic heterocycles. The maximum atomic E-state index is 2.58. The van der Waals surface area contributed by atoms with Crippen LogP contribution in [0.25, 0.3) is 0 Å². The van der Waals surface area contributed by atoms with Crippen LogP contribution in [0.3, 0.4) is 0 Å². The molecule has 1 heterocycles. The number of nitrogens with zero attached hydrogens (tertiary/aromatic N) is 2. The number of imidazole rings is 1. The zero-order valence-electron chi connectivity index (χ0n) is 24.6. The van der Waals surface area contributed by atoms with E-state index in [2.05, 4.69) is 42.3 Å². The summed E-state index contributed by atoms with van der Waals surface area (Å²) < 4.78 is 5.12. The highest BCUT2D eigenvalue weighted by atomic mass is 15.1. The van der Waals surface area contributed by atoms with E-state index in [0.29, 0.717) is 0 Å². The summed E-state index contributed by atoms with van der Waals surface area (Å²) in [5, 5.41) is 0. The van der Waals surface area contributed by atoms with Gasteiger partial charge < -0.3 is 0 Å². The Morgan fingerprint density at radius 2 is 0.886 bits per heavy atom. The molecule has 0 saturated carbocycles. The normalized spacial score (nSPS) is 11.5. The molecular weight excluding hydrogens is 424 g/mol. The highest BCUT2D eigenvalue weighted by Gasteiger charge is 2.15. The molecule has 1 aromatic heterocycles. The minimum Gasteiger partial charge on any atom is -0.234 e. The van der Waals surface area contributed by atoms with Gasteiger partial charge in [0, 0.05) is 6.42 Å². The number of unbranched alkanes of at least 4 members (excludes halogenated alkanes) is 21. The van der Waals surface area contributed by atoms with Gasteiger partial charge in [0.2, 0.25) is 0 Å². The van der Waals surface area contributed by atoms with Crippen LogP contribution in [0.1, 0.15) is 181 Å². The van der Waals surface area contributed by atoms with Crippen molar-refractivity contribution in [1.29, 1.82) is 0 Å². The highest BCUT2D eigenvalue weighted by Crippen LogP contribution is 2.15. The van der Waals surface area contributed by atoms with E-state index in [1.54, 1.807) is 5.82 Å². The summed E-state index contributed by atoms with van der Waals surface area (Å²) in [6.45, 7) is 9.32. The zero-order valence-corrected chi connectivity index (χ0v) is 24.6. The Kier molecular flexibility index (Phi) is 22.9. The molecule has 35 heavy (non-hydrogen) atoms. The summed E-state index contributed by atoms with van der Waals surface area (Å²) in [4.78, 5) is 0. The number of rotatable bonds is 27. The first-order chi connectivity index (χ1) is 17.3. The van der Waals surface area contributed by atoms with E-state index >= 15 is 0 Å². The second kappa shape index (κ2) is 24.9. The molecule has 0 spiro atoms. The molecule has 206 valence electrons. The number of aryl methyl sites for hydroxylation is 2. The van der Waals surface area contributed by atoms with Gasteiger partial charge in [0.15, 0.2) is 0 Å². The lowest BCUT2D eigenvalue weighted by Crippen LogP contribution is -2.37. The average Bonchev–Trinajstić information content (AvgIpc) is 3.24. The van der Waals surface area contributed by atoms with Gasteiger partial charge in [0.05, 0.1) is 13.1 Å². The first kappa shape index (κ1) is 32.2. The monoisotopic (exact) mass is 490 g/mol. The fourth-order valence-electron chi connectivity index (χ4n) is 5.50. The molecule has 0 atom stereocenters. The molecule has 0 radical (unpaired) electrons. The molecule has 0 aliphatic rings. The molecule has 0 aromatic carbocycles. The molecule has 1 aromatic rings. The predicted octanol–water partition coefficient (Wildman–Crippen LogP) is 10.7. The summed E-state index contributed by atoms with van der Waals surface area (Å²) in [6, 6.07) is 0. The van der Waals surface area contributed by atoms with Crippen LogP contribution in [0.2, 0.25) is 0 Å². The van der Waals surface area contributed by atoms with E-state index in [1.165, 1.54) is 174 Å². The summed E-state index contributed by atoms with van der Waals surface area (Å²) in [7, 11) is 0. The van der Waals surface area contributed by atoms with Crippen molar-refractivity contribution in [2.24, 2.45) is 0 Å². The van der Waals surface area contributed by atoms with Crippen molar-refractivity contribution < 1.29 is 4.57 Å². The standard InChI is InChI=1S/C33H65N2/c1-4-7-9-11-13-15-16-17-18-19-20-22-24-26-28-33-34(29-6-3)31-32-35(33)30-27-25-23-21-14-12-10-8-5-2/h31-32H,4-30H2,1-3H3/q+1. The van der Waals surface area contributed by atoms with Crippen LogP contribution in [0.15, 0.2) is 12.4 Å². The topological polar surface area (TPSA) is 8.81 Å². The van der Waals surface area contributed by atoms with Gasteiger partial charge in [-0.3, -0.25) is 0 Å². The Hall–Kier alpha value is -0.790. The summed E-state index contributed by atoms with van der Waals surface area (Å²) in [6.07, 6.45) is 40.1. The molecule has 0 unspecified atom stereocenters. The third kappa shape index (κ3) is 18.2. The molecule has 1 rings (SSSR count). The Morgan fingerprint density at radius 3 is 1.31 bits per heavy atom. The molecule has 0 aliphatic carbocycles. The maximum Gasteiger partial charge on any atom is 0.256 e. The van der Waals surface area contributed by atoms with Gasteiger partial charge in [-0.2, -0.15) is 0 Å². The van der Waals surface area contributed by atoms with Gasteiger partial charge in [-0.25, -0.2) is 9.13 Å². The molecule has 0 saturated heterocycles. The van der Waals surface area contributed by atoms with Crippen LogP contribution in [0.5, 0.6) is 0 Å². The molecule has 0 N–H and O–H groups in total. The Morgan fingerprint density at radius 1 is 0.486 bits per heavy atom. The van der Waals surface area contributed by atoms with Gasteiger partial charge in [0.1, 0.15) is 12.4 Å². The van der Waals surface area contributed by atoms with Crippen molar-refractivity contribution >= 4 is 0 Å². The third-order valence-corrected chi connectivity index (χ3v) is 7.81. The summed E-state index contributed by atoms with van der Waals surface area (Å²) >= 11 is 0. The molecule has 0 bridgehead atoms. The number of hydrogen-bond donors (Lipinski definition) is 0. The van der Waals surface area contributed by atoms with Crippen molar-refractivity contribution in [3.8, 4) is 0 Å². The fourth-order valence-corrected chi connectivity index (χ4v) is 5.50. The van der Waals surface area contributed by atoms with E-state index in [1.807, 2.05) is 0 Å². The lowest BCUT2D eigenvalue weighted by Gasteiger charge is -2.06. The van der Waals surface area contributed by atoms with E-state index in [9.17, 15) is 0 Å². The highest BCUT2D eigenvalue weighted by molar-refractivity contribution is 4.84. The largest absolute Gasteiger partial charge is 0.256 e. The number of hydrogen-bond acceptors (Lipinski definition) is 0. The van der Waals surface area contributed by atoms with Crippen LogP contribution in [-0.2, 0) is 19.5 Å². The van der Waals surface area contributed by atoms with E-state index in [-0.39, 0.29) is 0 Å². The van der Waals surface area contributed by atoms with Gasteiger partial charge in [-0.05, 0) is 25.7 Å². The van der Waals surface area contributed by atoms with Crippen LogP contribution in [0, 0.1) is 0 Å². The Balaban J connectivity index is 2.09. The van der Waals surface area contributed by atoms with Crippen LogP contribution in [-0.4, -0.2) is 4.57 Å². The fraction of sp³-hybridized carbons (Fsp3) is 0.909. The second-order valence-electron chi connectivity index (χ2n) is 11.3. The van der Waals surface area contributed by atoms with Gasteiger partial charge in [-0.15, -0.1) is 0 Å². The number of aromatic nitrogens is 2. The second-order valence-corrected chi connectivity index (χ2v) is 11.3. The third-order valence-electron chi connectivity index (χ3n) is 7.81. The SMILES string of the molecule is CCCCCCCCCCCCCCCCc1n(CCCCCCCCCCC)cc[n+]1CCC. The molecular formula is C33H65N2+. The lowest BCUT2D eigenvalue weighted by molar-refractivity contribution is -0.703. The van der Waals surface area contributed by atoms with Crippen molar-refractivity contribution in [2.45, 2.75) is 194 Å². The predicted molar refractivity (Wildman–Crippen MR) is 156 cm³/mol. The van der Waals surface area contributed by atoms with Crippen molar-refractivity contribution in [1.82, 2.24) is 4.57 Å². The first-order valence-electron chi connectivity index (χ1n) is 16.4.